The van der Waals surface area contributed by atoms with Gasteiger partial charge in [-0.3, -0.25) is 4.57 Å². The number of oxime groups is 1. The number of hydrogen-bond donors (Lipinski definition) is 0. The van der Waals surface area contributed by atoms with Gasteiger partial charge in [0.05, 0.1) is 16.7 Å². The number of hydrogen-bond acceptors (Lipinski definition) is 3. The molecule has 1 aliphatic heterocycles. The third-order valence-corrected chi connectivity index (χ3v) is 10.9. The van der Waals surface area contributed by atoms with Crippen molar-refractivity contribution in [1.29, 1.82) is 0 Å². The number of aryl methyl sites for hydroxylation is 2. The highest BCUT2D eigenvalue weighted by atomic mass is 16.6. The van der Waals surface area contributed by atoms with Gasteiger partial charge in [0.25, 0.3) is 0 Å². The zero-order valence-electron chi connectivity index (χ0n) is 29.2. The van der Waals surface area contributed by atoms with E-state index in [9.17, 15) is 0 Å². The van der Waals surface area contributed by atoms with Crippen molar-refractivity contribution in [2.75, 3.05) is 0 Å². The van der Waals surface area contributed by atoms with Gasteiger partial charge >= 0.3 is 0 Å². The van der Waals surface area contributed by atoms with Crippen molar-refractivity contribution >= 4 is 65.7 Å². The predicted molar refractivity (Wildman–Crippen MR) is 218 cm³/mol. The lowest BCUT2D eigenvalue weighted by molar-refractivity contribution is 0.236. The minimum absolute atomic E-state index is 0.654. The Morgan fingerprint density at radius 3 is 2.15 bits per heavy atom. The molecule has 0 bridgehead atoms. The molecule has 10 rings (SSSR count). The third-order valence-electron chi connectivity index (χ3n) is 10.9. The van der Waals surface area contributed by atoms with Gasteiger partial charge < -0.3 is 4.84 Å². The molecule has 2 heterocycles. The molecule has 0 amide bonds. The van der Waals surface area contributed by atoms with E-state index in [0.717, 1.165) is 51.2 Å². The van der Waals surface area contributed by atoms with Gasteiger partial charge in [-0.15, -0.1) is 0 Å². The molecule has 0 atom stereocenters. The summed E-state index contributed by atoms with van der Waals surface area (Å²) in [5.74, 6) is 1.39. The van der Waals surface area contributed by atoms with Crippen LogP contribution in [0, 0.1) is 13.8 Å². The molecule has 0 spiro atoms. The molecule has 2 aliphatic rings. The first-order valence-electron chi connectivity index (χ1n) is 17.9. The molecule has 0 saturated heterocycles. The Balaban J connectivity index is 1.39. The van der Waals surface area contributed by atoms with E-state index in [2.05, 4.69) is 158 Å². The molecular formula is C48H35N3O. The molecule has 0 N–H and O–H groups in total. The zero-order valence-corrected chi connectivity index (χ0v) is 29.2. The molecular weight excluding hydrogens is 635 g/mol. The summed E-state index contributed by atoms with van der Waals surface area (Å²) < 4.78 is 2.33. The normalized spacial score (nSPS) is 15.8. The van der Waals surface area contributed by atoms with Gasteiger partial charge in [0.15, 0.2) is 17.3 Å². The molecule has 0 unspecified atom stereocenters. The molecule has 248 valence electrons. The average Bonchev–Trinajstić information content (AvgIpc) is 3.53. The summed E-state index contributed by atoms with van der Waals surface area (Å²) in [6.45, 7) is 9.07. The van der Waals surface area contributed by atoms with Gasteiger partial charge in [-0.25, -0.2) is 4.99 Å². The summed E-state index contributed by atoms with van der Waals surface area (Å²) in [5.41, 5.74) is 10.3. The molecule has 0 radical (unpaired) electrons. The molecule has 1 aliphatic carbocycles. The van der Waals surface area contributed by atoms with Crippen molar-refractivity contribution in [3.63, 3.8) is 0 Å². The first-order valence-corrected chi connectivity index (χ1v) is 17.9. The standard InChI is InChI=1S/C48H35N3O/c1-29-27-28-33-16-5-7-20-36(33)43(29)44-30(2)47-45(38-22-9-8-21-37(38)44)40-23-10-12-25-41(40)51(47)48-46(39-24-14-17-32-15-4-6-19-35(32)39)50-52-42-26-13-11-18-34(42)31(3)49-48/h4-10,12-17,19-28H,3,11,18H2,1-2H3/b49-48?,50-46-. The van der Waals surface area contributed by atoms with E-state index in [0.29, 0.717) is 23.0 Å². The smallest absolute Gasteiger partial charge is 0.168 e. The Morgan fingerprint density at radius 1 is 0.654 bits per heavy atom. The highest BCUT2D eigenvalue weighted by Crippen LogP contribution is 2.46. The Hall–Kier alpha value is -6.52. The Bertz CT molecular complexity index is 2960. The molecule has 0 fully saturated rings. The van der Waals surface area contributed by atoms with E-state index in [4.69, 9.17) is 15.0 Å². The summed E-state index contributed by atoms with van der Waals surface area (Å²) in [6.07, 6.45) is 5.83. The highest BCUT2D eigenvalue weighted by Gasteiger charge is 2.29. The minimum atomic E-state index is 0.654. The fourth-order valence-electron chi connectivity index (χ4n) is 8.52. The second kappa shape index (κ2) is 11.8. The van der Waals surface area contributed by atoms with E-state index in [-0.39, 0.29) is 0 Å². The van der Waals surface area contributed by atoms with E-state index >= 15 is 0 Å². The number of para-hydroxylation sites is 1. The lowest BCUT2D eigenvalue weighted by Crippen LogP contribution is -2.26. The number of aromatic nitrogens is 1. The number of nitrogens with zero attached hydrogens (tertiary/aromatic N) is 3. The van der Waals surface area contributed by atoms with Gasteiger partial charge in [0.1, 0.15) is 0 Å². The van der Waals surface area contributed by atoms with Crippen LogP contribution in [0.3, 0.4) is 0 Å². The van der Waals surface area contributed by atoms with Crippen molar-refractivity contribution in [3.05, 3.63) is 180 Å². The van der Waals surface area contributed by atoms with Crippen LogP contribution in [0.15, 0.2) is 173 Å². The monoisotopic (exact) mass is 669 g/mol. The molecule has 1 aromatic heterocycles. The molecule has 7 aromatic carbocycles. The fourth-order valence-corrected chi connectivity index (χ4v) is 8.52. The Kier molecular flexibility index (Phi) is 6.87. The lowest BCUT2D eigenvalue weighted by atomic mass is 9.86. The average molecular weight is 670 g/mol. The molecule has 8 aromatic rings. The number of fused-ring (bicyclic) bond motifs is 7. The van der Waals surface area contributed by atoms with Crippen LogP contribution >= 0.6 is 0 Å². The van der Waals surface area contributed by atoms with Gasteiger partial charge in [-0.05, 0) is 93.4 Å². The summed E-state index contributed by atoms with van der Waals surface area (Å²) in [5, 5.41) is 14.5. The van der Waals surface area contributed by atoms with E-state index in [1.165, 1.54) is 49.2 Å². The largest absolute Gasteiger partial charge is 0.356 e. The number of rotatable bonds is 2. The molecule has 0 saturated carbocycles. The number of allylic oxidation sites excluding steroid dienone is 3. The minimum Gasteiger partial charge on any atom is -0.356 e. The van der Waals surface area contributed by atoms with Gasteiger partial charge in [-0.2, -0.15) is 0 Å². The van der Waals surface area contributed by atoms with E-state index in [1.807, 2.05) is 6.08 Å². The van der Waals surface area contributed by atoms with Crippen molar-refractivity contribution in [2.45, 2.75) is 26.7 Å². The van der Waals surface area contributed by atoms with E-state index in [1.54, 1.807) is 0 Å². The van der Waals surface area contributed by atoms with Crippen LogP contribution in [0.4, 0.5) is 0 Å². The Morgan fingerprint density at radius 2 is 1.33 bits per heavy atom. The Labute approximate surface area is 302 Å². The van der Waals surface area contributed by atoms with Crippen LogP contribution in [-0.4, -0.2) is 16.1 Å². The summed E-state index contributed by atoms with van der Waals surface area (Å²) in [7, 11) is 0. The SMILES string of the molecule is C=C1N=C(n2c3ccccc3c3c4ccccc4c(-c4c(C)ccc5ccccc45)c(C)c32)/C(c2cccc3ccccc23)=N\OC2=C1CCC=C2. The number of benzene rings is 7. The third kappa shape index (κ3) is 4.47. The van der Waals surface area contributed by atoms with Crippen molar-refractivity contribution in [2.24, 2.45) is 10.1 Å². The van der Waals surface area contributed by atoms with Crippen LogP contribution in [0.25, 0.3) is 65.3 Å². The fraction of sp³-hybridized carbons (Fsp3) is 0.0833. The summed E-state index contributed by atoms with van der Waals surface area (Å²) >= 11 is 0. The van der Waals surface area contributed by atoms with Crippen molar-refractivity contribution in [3.8, 4) is 11.1 Å². The lowest BCUT2D eigenvalue weighted by Gasteiger charge is -2.23. The van der Waals surface area contributed by atoms with Gasteiger partial charge in [0.2, 0.25) is 0 Å². The summed E-state index contributed by atoms with van der Waals surface area (Å²) in [6, 6.07) is 45.5. The topological polar surface area (TPSA) is 38.9 Å². The summed E-state index contributed by atoms with van der Waals surface area (Å²) in [4.78, 5) is 11.9. The predicted octanol–water partition coefficient (Wildman–Crippen LogP) is 12.3. The van der Waals surface area contributed by atoms with Crippen LogP contribution in [-0.2, 0) is 4.84 Å². The zero-order chi connectivity index (χ0) is 34.9. The molecule has 4 nitrogen and oxygen atoms in total. The molecule has 52 heavy (non-hydrogen) atoms. The van der Waals surface area contributed by atoms with Gasteiger partial charge in [-0.1, -0.05) is 139 Å². The first-order chi connectivity index (χ1) is 25.6. The maximum Gasteiger partial charge on any atom is 0.168 e. The second-order valence-corrected chi connectivity index (χ2v) is 13.8. The van der Waals surface area contributed by atoms with E-state index < -0.39 is 0 Å². The van der Waals surface area contributed by atoms with Crippen LogP contribution in [0.5, 0.6) is 0 Å². The highest BCUT2D eigenvalue weighted by molar-refractivity contribution is 6.52. The van der Waals surface area contributed by atoms with Crippen LogP contribution < -0.4 is 0 Å². The van der Waals surface area contributed by atoms with Gasteiger partial charge in [0, 0.05) is 21.9 Å². The van der Waals surface area contributed by atoms with Crippen molar-refractivity contribution in [1.82, 2.24) is 4.57 Å². The molecule has 4 heteroatoms. The van der Waals surface area contributed by atoms with Crippen LogP contribution in [0.1, 0.15) is 29.5 Å². The maximum absolute atomic E-state index is 6.41. The van der Waals surface area contributed by atoms with Crippen LogP contribution in [0.2, 0.25) is 0 Å². The van der Waals surface area contributed by atoms with Crippen molar-refractivity contribution < 1.29 is 4.84 Å². The second-order valence-electron chi connectivity index (χ2n) is 13.8. The number of aliphatic imine (C=N–C) groups is 1. The quantitative estimate of drug-likeness (QED) is 0.181. The first kappa shape index (κ1) is 30.3. The maximum atomic E-state index is 6.41.